The van der Waals surface area contributed by atoms with E-state index in [1.807, 2.05) is 23.8 Å². The van der Waals surface area contributed by atoms with E-state index in [0.29, 0.717) is 22.7 Å². The third-order valence-corrected chi connectivity index (χ3v) is 5.84. The normalized spacial score (nSPS) is 13.3. The zero-order valence-electron chi connectivity index (χ0n) is 11.8. The van der Waals surface area contributed by atoms with E-state index in [2.05, 4.69) is 4.72 Å². The van der Waals surface area contributed by atoms with Gasteiger partial charge in [0.05, 0.1) is 4.90 Å². The summed E-state index contributed by atoms with van der Waals surface area (Å²) in [5, 5.41) is 4.32. The summed E-state index contributed by atoms with van der Waals surface area (Å²) in [4.78, 5) is 0.0905. The summed E-state index contributed by atoms with van der Waals surface area (Å²) < 4.78 is 27.4. The number of nitrogens with one attached hydrogen (secondary N) is 1. The molecule has 1 heterocycles. The van der Waals surface area contributed by atoms with Gasteiger partial charge in [-0.15, -0.1) is 0 Å². The molecule has 1 unspecified atom stereocenters. The monoisotopic (exact) mass is 344 g/mol. The maximum atomic E-state index is 12.4. The lowest BCUT2D eigenvalue weighted by Crippen LogP contribution is -2.34. The average molecular weight is 345 g/mol. The molecule has 0 saturated carbocycles. The number of rotatable bonds is 5. The van der Waals surface area contributed by atoms with Crippen LogP contribution in [-0.2, 0) is 16.4 Å². The molecule has 2 aromatic rings. The topological polar surface area (TPSA) is 72.2 Å². The molecule has 0 aliphatic rings. The summed E-state index contributed by atoms with van der Waals surface area (Å²) >= 11 is 7.60. The van der Waals surface area contributed by atoms with E-state index >= 15 is 0 Å². The Balaban J connectivity index is 2.18. The molecular formula is C14H17ClN2O2S2. The van der Waals surface area contributed by atoms with Gasteiger partial charge in [-0.3, -0.25) is 0 Å². The molecule has 0 radical (unpaired) electrons. The minimum atomic E-state index is -3.64. The van der Waals surface area contributed by atoms with Crippen molar-refractivity contribution < 1.29 is 8.42 Å². The van der Waals surface area contributed by atoms with Gasteiger partial charge in [0.2, 0.25) is 10.0 Å². The summed E-state index contributed by atoms with van der Waals surface area (Å²) in [6, 6.07) is 4.62. The molecule has 1 atom stereocenters. The SMILES string of the molecule is Cc1c(N)cc(S(=O)(=O)NC(C)Cc2ccsc2)cc1Cl. The first-order valence-electron chi connectivity index (χ1n) is 6.38. The maximum absolute atomic E-state index is 12.4. The Morgan fingerprint density at radius 1 is 1.43 bits per heavy atom. The number of sulfonamides is 1. The molecule has 0 fully saturated rings. The molecule has 7 heteroatoms. The van der Waals surface area contributed by atoms with E-state index in [1.165, 1.54) is 12.1 Å². The lowest BCUT2D eigenvalue weighted by molar-refractivity contribution is 0.560. The molecule has 0 aliphatic carbocycles. The maximum Gasteiger partial charge on any atom is 0.240 e. The molecular weight excluding hydrogens is 328 g/mol. The molecule has 4 nitrogen and oxygen atoms in total. The van der Waals surface area contributed by atoms with Crippen molar-refractivity contribution in [3.05, 3.63) is 45.1 Å². The smallest absolute Gasteiger partial charge is 0.240 e. The van der Waals surface area contributed by atoms with E-state index in [0.717, 1.165) is 5.56 Å². The van der Waals surface area contributed by atoms with Gasteiger partial charge in [0, 0.05) is 16.8 Å². The Bertz CT molecular complexity index is 704. The van der Waals surface area contributed by atoms with Gasteiger partial charge in [0.1, 0.15) is 0 Å². The van der Waals surface area contributed by atoms with Crippen molar-refractivity contribution >= 4 is 38.6 Å². The Morgan fingerprint density at radius 3 is 2.71 bits per heavy atom. The predicted octanol–water partition coefficient (Wildman–Crippen LogP) is 3.20. The highest BCUT2D eigenvalue weighted by atomic mass is 35.5. The number of halogens is 1. The summed E-state index contributed by atoms with van der Waals surface area (Å²) in [6.07, 6.45) is 0.637. The molecule has 0 bridgehead atoms. The fraction of sp³-hybridized carbons (Fsp3) is 0.286. The predicted molar refractivity (Wildman–Crippen MR) is 88.4 cm³/mol. The Kier molecular flexibility index (Phi) is 4.93. The number of benzene rings is 1. The lowest BCUT2D eigenvalue weighted by Gasteiger charge is -2.15. The Hall–Kier alpha value is -1.08. The molecule has 2 rings (SSSR count). The van der Waals surface area contributed by atoms with Gasteiger partial charge in [-0.1, -0.05) is 11.6 Å². The van der Waals surface area contributed by atoms with Crippen molar-refractivity contribution in [3.8, 4) is 0 Å². The fourth-order valence-electron chi connectivity index (χ4n) is 1.97. The summed E-state index contributed by atoms with van der Waals surface area (Å²) in [5.41, 5.74) is 7.94. The second kappa shape index (κ2) is 6.36. The lowest BCUT2D eigenvalue weighted by atomic mass is 10.1. The highest BCUT2D eigenvalue weighted by molar-refractivity contribution is 7.89. The third kappa shape index (κ3) is 3.97. The molecule has 114 valence electrons. The van der Waals surface area contributed by atoms with E-state index in [9.17, 15) is 8.42 Å². The molecule has 1 aromatic carbocycles. The fourth-order valence-corrected chi connectivity index (χ4v) is 4.24. The molecule has 0 aliphatic heterocycles. The van der Waals surface area contributed by atoms with Crippen LogP contribution in [0.1, 0.15) is 18.1 Å². The van der Waals surface area contributed by atoms with Crippen LogP contribution in [0.25, 0.3) is 0 Å². The molecule has 0 saturated heterocycles. The van der Waals surface area contributed by atoms with Crippen molar-refractivity contribution in [2.75, 3.05) is 5.73 Å². The van der Waals surface area contributed by atoms with Crippen molar-refractivity contribution in [3.63, 3.8) is 0 Å². The van der Waals surface area contributed by atoms with Gasteiger partial charge in [-0.25, -0.2) is 13.1 Å². The van der Waals surface area contributed by atoms with Crippen LogP contribution in [-0.4, -0.2) is 14.5 Å². The van der Waals surface area contributed by atoms with Gasteiger partial charge < -0.3 is 5.73 Å². The zero-order valence-corrected chi connectivity index (χ0v) is 14.1. The highest BCUT2D eigenvalue weighted by Gasteiger charge is 2.19. The second-order valence-corrected chi connectivity index (χ2v) is 7.88. The summed E-state index contributed by atoms with van der Waals surface area (Å²) in [6.45, 7) is 3.58. The minimum absolute atomic E-state index is 0.0905. The van der Waals surface area contributed by atoms with Gasteiger partial charge >= 0.3 is 0 Å². The molecule has 1 aromatic heterocycles. The second-order valence-electron chi connectivity index (χ2n) is 4.98. The number of anilines is 1. The first kappa shape index (κ1) is 16.3. The van der Waals surface area contributed by atoms with Crippen LogP contribution in [0.3, 0.4) is 0 Å². The van der Waals surface area contributed by atoms with Crippen LogP contribution in [0.15, 0.2) is 33.9 Å². The van der Waals surface area contributed by atoms with Crippen LogP contribution in [0, 0.1) is 6.92 Å². The van der Waals surface area contributed by atoms with Gasteiger partial charge in [0.15, 0.2) is 0 Å². The van der Waals surface area contributed by atoms with Crippen molar-refractivity contribution in [2.45, 2.75) is 31.2 Å². The first-order chi connectivity index (χ1) is 9.79. The van der Waals surface area contributed by atoms with E-state index in [1.54, 1.807) is 18.3 Å². The van der Waals surface area contributed by atoms with E-state index in [4.69, 9.17) is 17.3 Å². The van der Waals surface area contributed by atoms with Crippen LogP contribution in [0.2, 0.25) is 5.02 Å². The van der Waals surface area contributed by atoms with Crippen molar-refractivity contribution in [1.29, 1.82) is 0 Å². The number of nitrogens with two attached hydrogens (primary N) is 1. The summed E-state index contributed by atoms with van der Waals surface area (Å²) in [7, 11) is -3.64. The molecule has 0 amide bonds. The van der Waals surface area contributed by atoms with Crippen molar-refractivity contribution in [2.24, 2.45) is 0 Å². The number of hydrogen-bond donors (Lipinski definition) is 2. The number of thiophene rings is 1. The quantitative estimate of drug-likeness (QED) is 0.818. The zero-order chi connectivity index (χ0) is 15.6. The van der Waals surface area contributed by atoms with Crippen molar-refractivity contribution in [1.82, 2.24) is 4.72 Å². The average Bonchev–Trinajstić information content (AvgIpc) is 2.87. The largest absolute Gasteiger partial charge is 0.398 e. The van der Waals surface area contributed by atoms with E-state index < -0.39 is 10.0 Å². The van der Waals surface area contributed by atoms with Gasteiger partial charge in [0.25, 0.3) is 0 Å². The number of nitrogen functional groups attached to an aromatic ring is 1. The Labute approximate surface area is 134 Å². The first-order valence-corrected chi connectivity index (χ1v) is 9.19. The van der Waals surface area contributed by atoms with Crippen LogP contribution >= 0.6 is 22.9 Å². The highest BCUT2D eigenvalue weighted by Crippen LogP contribution is 2.26. The van der Waals surface area contributed by atoms with Gasteiger partial charge in [-0.2, -0.15) is 11.3 Å². The Morgan fingerprint density at radius 2 is 2.14 bits per heavy atom. The minimum Gasteiger partial charge on any atom is -0.398 e. The molecule has 3 N–H and O–H groups in total. The van der Waals surface area contributed by atoms with E-state index in [-0.39, 0.29) is 10.9 Å². The summed E-state index contributed by atoms with van der Waals surface area (Å²) in [5.74, 6) is 0. The third-order valence-electron chi connectivity index (χ3n) is 3.15. The van der Waals surface area contributed by atoms with Crippen LogP contribution in [0.5, 0.6) is 0 Å². The molecule has 21 heavy (non-hydrogen) atoms. The van der Waals surface area contributed by atoms with Crippen LogP contribution < -0.4 is 10.5 Å². The standard InChI is InChI=1S/C14H17ClN2O2S2/c1-9(5-11-3-4-20-8-11)17-21(18,19)12-6-13(15)10(2)14(16)7-12/h3-4,6-9,17H,5,16H2,1-2H3. The number of hydrogen-bond acceptors (Lipinski definition) is 4. The van der Waals surface area contributed by atoms with Crippen LogP contribution in [0.4, 0.5) is 5.69 Å². The molecule has 0 spiro atoms. The van der Waals surface area contributed by atoms with Gasteiger partial charge in [-0.05, 0) is 60.4 Å².